The zero-order chi connectivity index (χ0) is 26.5. The van der Waals surface area contributed by atoms with Gasteiger partial charge >= 0.3 is 6.18 Å². The van der Waals surface area contributed by atoms with Crippen LogP contribution in [-0.2, 0) is 27.4 Å². The fourth-order valence-corrected chi connectivity index (χ4v) is 4.73. The number of alkyl halides is 3. The molecule has 0 aliphatic rings. The standard InChI is InChI=1S/C25H24F4N2O4S/c1-3-35-23-12-10-19(13-16(23)2)36(33,34)31-22(14-17-7-5-4-6-8-17)24(32)30-18-9-11-21(26)20(15-18)25(27,28)29/h4-13,15,22,31H,3,14H2,1-2H3,(H,30,32). The fourth-order valence-electron chi connectivity index (χ4n) is 3.45. The van der Waals surface area contributed by atoms with Gasteiger partial charge in [-0.3, -0.25) is 4.79 Å². The molecule has 3 aromatic rings. The van der Waals surface area contributed by atoms with Crippen molar-refractivity contribution in [3.63, 3.8) is 0 Å². The minimum Gasteiger partial charge on any atom is -0.494 e. The highest BCUT2D eigenvalue weighted by Crippen LogP contribution is 2.33. The minimum atomic E-state index is -4.97. The summed E-state index contributed by atoms with van der Waals surface area (Å²) in [4.78, 5) is 12.9. The lowest BCUT2D eigenvalue weighted by molar-refractivity contribution is -0.140. The highest BCUT2D eigenvalue weighted by Gasteiger charge is 2.34. The molecule has 0 saturated heterocycles. The number of ether oxygens (including phenoxy) is 1. The second-order valence-electron chi connectivity index (χ2n) is 7.91. The van der Waals surface area contributed by atoms with E-state index in [2.05, 4.69) is 10.0 Å². The van der Waals surface area contributed by atoms with Gasteiger partial charge in [0.1, 0.15) is 17.6 Å². The molecule has 0 fully saturated rings. The molecule has 192 valence electrons. The van der Waals surface area contributed by atoms with Crippen LogP contribution in [0.15, 0.2) is 71.6 Å². The third-order valence-electron chi connectivity index (χ3n) is 5.19. The number of anilines is 1. The van der Waals surface area contributed by atoms with Crippen LogP contribution in [0.5, 0.6) is 5.75 Å². The van der Waals surface area contributed by atoms with E-state index in [-0.39, 0.29) is 17.0 Å². The van der Waals surface area contributed by atoms with Crippen LogP contribution in [-0.4, -0.2) is 27.0 Å². The second kappa shape index (κ2) is 11.1. The molecule has 11 heteroatoms. The Morgan fingerprint density at radius 3 is 2.33 bits per heavy atom. The van der Waals surface area contributed by atoms with Crippen LogP contribution in [0.3, 0.4) is 0 Å². The fraction of sp³-hybridized carbons (Fsp3) is 0.240. The molecule has 1 atom stereocenters. The Morgan fingerprint density at radius 1 is 1.03 bits per heavy atom. The number of sulfonamides is 1. The van der Waals surface area contributed by atoms with Crippen molar-refractivity contribution >= 4 is 21.6 Å². The number of halogens is 4. The number of aryl methyl sites for hydroxylation is 1. The lowest BCUT2D eigenvalue weighted by atomic mass is 10.1. The number of carbonyl (C=O) groups excluding carboxylic acids is 1. The third-order valence-corrected chi connectivity index (χ3v) is 6.66. The lowest BCUT2D eigenvalue weighted by Gasteiger charge is -2.20. The molecular weight excluding hydrogens is 500 g/mol. The Morgan fingerprint density at radius 2 is 1.72 bits per heavy atom. The van der Waals surface area contributed by atoms with E-state index in [1.165, 1.54) is 18.2 Å². The molecule has 36 heavy (non-hydrogen) atoms. The first-order valence-electron chi connectivity index (χ1n) is 10.9. The maximum Gasteiger partial charge on any atom is 0.419 e. The molecule has 3 aromatic carbocycles. The van der Waals surface area contributed by atoms with E-state index < -0.39 is 39.5 Å². The summed E-state index contributed by atoms with van der Waals surface area (Å²) in [5, 5.41) is 2.26. The van der Waals surface area contributed by atoms with Crippen LogP contribution in [0.2, 0.25) is 0 Å². The first-order chi connectivity index (χ1) is 16.9. The highest BCUT2D eigenvalue weighted by molar-refractivity contribution is 7.89. The monoisotopic (exact) mass is 524 g/mol. The molecule has 0 heterocycles. The van der Waals surface area contributed by atoms with Gasteiger partial charge in [0.2, 0.25) is 15.9 Å². The molecule has 0 spiro atoms. The first kappa shape index (κ1) is 27.2. The van der Waals surface area contributed by atoms with E-state index in [0.29, 0.717) is 35.6 Å². The molecule has 0 aromatic heterocycles. The smallest absolute Gasteiger partial charge is 0.419 e. The molecule has 1 amide bonds. The van der Waals surface area contributed by atoms with Gasteiger partial charge in [0.25, 0.3) is 0 Å². The summed E-state index contributed by atoms with van der Waals surface area (Å²) in [6.07, 6.45) is -5.06. The zero-order valence-corrected chi connectivity index (χ0v) is 20.2. The Hall–Kier alpha value is -3.44. The van der Waals surface area contributed by atoms with E-state index in [4.69, 9.17) is 4.74 Å². The molecule has 0 saturated carbocycles. The molecule has 2 N–H and O–H groups in total. The average molecular weight is 525 g/mol. The van der Waals surface area contributed by atoms with Gasteiger partial charge in [-0.1, -0.05) is 30.3 Å². The normalized spacial score (nSPS) is 12.7. The predicted octanol–water partition coefficient (Wildman–Crippen LogP) is 5.08. The number of carbonyl (C=O) groups is 1. The SMILES string of the molecule is CCOc1ccc(S(=O)(=O)NC(Cc2ccccc2)C(=O)Nc2ccc(F)c(C(F)(F)F)c2)cc1C. The van der Waals surface area contributed by atoms with Crippen LogP contribution in [0.4, 0.5) is 23.2 Å². The topological polar surface area (TPSA) is 84.5 Å². The second-order valence-corrected chi connectivity index (χ2v) is 9.62. The van der Waals surface area contributed by atoms with Gasteiger partial charge in [0.05, 0.1) is 17.1 Å². The van der Waals surface area contributed by atoms with Crippen molar-refractivity contribution in [2.45, 2.75) is 37.4 Å². The number of nitrogens with one attached hydrogen (secondary N) is 2. The third kappa shape index (κ3) is 6.82. The zero-order valence-electron chi connectivity index (χ0n) is 19.4. The lowest BCUT2D eigenvalue weighted by Crippen LogP contribution is -2.45. The number of benzene rings is 3. The van der Waals surface area contributed by atoms with Crippen LogP contribution < -0.4 is 14.8 Å². The van der Waals surface area contributed by atoms with Crippen LogP contribution in [0, 0.1) is 12.7 Å². The van der Waals surface area contributed by atoms with E-state index in [0.717, 1.165) is 6.07 Å². The summed E-state index contributed by atoms with van der Waals surface area (Å²) < 4.78 is 86.9. The number of amides is 1. The molecule has 1 unspecified atom stereocenters. The molecule has 0 aliphatic carbocycles. The maximum absolute atomic E-state index is 13.6. The Balaban J connectivity index is 1.90. The summed E-state index contributed by atoms with van der Waals surface area (Å²) in [6.45, 7) is 3.85. The number of hydrogen-bond acceptors (Lipinski definition) is 4. The summed E-state index contributed by atoms with van der Waals surface area (Å²) in [5.41, 5.74) is -0.707. The van der Waals surface area contributed by atoms with Crippen LogP contribution >= 0.6 is 0 Å². The number of hydrogen-bond donors (Lipinski definition) is 2. The summed E-state index contributed by atoms with van der Waals surface area (Å²) in [7, 11) is -4.22. The molecule has 0 radical (unpaired) electrons. The Bertz CT molecular complexity index is 1330. The maximum atomic E-state index is 13.6. The van der Waals surface area contributed by atoms with Crippen molar-refractivity contribution in [2.24, 2.45) is 0 Å². The van der Waals surface area contributed by atoms with Crippen molar-refractivity contribution in [1.82, 2.24) is 4.72 Å². The van der Waals surface area contributed by atoms with Gasteiger partial charge in [-0.2, -0.15) is 17.9 Å². The van der Waals surface area contributed by atoms with Gasteiger partial charge in [0, 0.05) is 5.69 Å². The molecule has 0 bridgehead atoms. The van der Waals surface area contributed by atoms with Crippen LogP contribution in [0.1, 0.15) is 23.6 Å². The van der Waals surface area contributed by atoms with Crippen LogP contribution in [0.25, 0.3) is 0 Å². The van der Waals surface area contributed by atoms with Crippen molar-refractivity contribution in [3.05, 3.63) is 89.2 Å². The summed E-state index contributed by atoms with van der Waals surface area (Å²) >= 11 is 0. The molecule has 0 aliphatic heterocycles. The van der Waals surface area contributed by atoms with E-state index in [1.54, 1.807) is 44.2 Å². The van der Waals surface area contributed by atoms with E-state index >= 15 is 0 Å². The Labute approximate surface area is 206 Å². The highest BCUT2D eigenvalue weighted by atomic mass is 32.2. The first-order valence-corrected chi connectivity index (χ1v) is 12.4. The van der Waals surface area contributed by atoms with Crippen molar-refractivity contribution in [2.75, 3.05) is 11.9 Å². The van der Waals surface area contributed by atoms with Gasteiger partial charge in [-0.15, -0.1) is 0 Å². The Kier molecular flexibility index (Phi) is 8.36. The average Bonchev–Trinajstić information content (AvgIpc) is 2.81. The van der Waals surface area contributed by atoms with Crippen molar-refractivity contribution in [3.8, 4) is 5.75 Å². The van der Waals surface area contributed by atoms with Gasteiger partial charge in [-0.25, -0.2) is 12.8 Å². The summed E-state index contributed by atoms with van der Waals surface area (Å²) in [6, 6.07) is 13.3. The van der Waals surface area contributed by atoms with Gasteiger partial charge < -0.3 is 10.1 Å². The molecule has 3 rings (SSSR count). The molecular formula is C25H24F4N2O4S. The van der Waals surface area contributed by atoms with Crippen molar-refractivity contribution in [1.29, 1.82) is 0 Å². The summed E-state index contributed by atoms with van der Waals surface area (Å²) in [5.74, 6) is -1.90. The number of rotatable bonds is 9. The molecule has 6 nitrogen and oxygen atoms in total. The van der Waals surface area contributed by atoms with Crippen molar-refractivity contribution < 1.29 is 35.5 Å². The quantitative estimate of drug-likeness (QED) is 0.383. The van der Waals surface area contributed by atoms with Gasteiger partial charge in [-0.05, 0) is 67.8 Å². The van der Waals surface area contributed by atoms with E-state index in [1.807, 2.05) is 0 Å². The predicted molar refractivity (Wildman–Crippen MR) is 127 cm³/mol. The minimum absolute atomic E-state index is 0.0881. The largest absolute Gasteiger partial charge is 0.494 e. The van der Waals surface area contributed by atoms with E-state index in [9.17, 15) is 30.8 Å². The van der Waals surface area contributed by atoms with Gasteiger partial charge in [0.15, 0.2) is 0 Å².